The number of amides is 1. The highest BCUT2D eigenvalue weighted by atomic mass is 32.2. The van der Waals surface area contributed by atoms with Gasteiger partial charge in [0.15, 0.2) is 11.0 Å². The summed E-state index contributed by atoms with van der Waals surface area (Å²) in [6.45, 7) is 4.66. The second-order valence-electron chi connectivity index (χ2n) is 6.42. The lowest BCUT2D eigenvalue weighted by Gasteiger charge is -2.08. The number of nitrogens with one attached hydrogen (secondary N) is 1. The van der Waals surface area contributed by atoms with Crippen LogP contribution in [-0.4, -0.2) is 46.6 Å². The maximum Gasteiger partial charge on any atom is 0.340 e. The molecule has 0 fully saturated rings. The molecule has 1 aromatic carbocycles. The molecule has 31 heavy (non-hydrogen) atoms. The molecule has 0 atom stereocenters. The summed E-state index contributed by atoms with van der Waals surface area (Å²) < 4.78 is 12.0. The fourth-order valence-corrected chi connectivity index (χ4v) is 4.70. The van der Waals surface area contributed by atoms with Gasteiger partial charge in [-0.3, -0.25) is 4.79 Å². The Kier molecular flexibility index (Phi) is 7.69. The molecule has 0 aliphatic carbocycles. The van der Waals surface area contributed by atoms with E-state index in [9.17, 15) is 9.59 Å². The number of thiophene rings is 1. The summed E-state index contributed by atoms with van der Waals surface area (Å²) in [6.07, 6.45) is 0.771. The number of methoxy groups -OCH3 is 2. The van der Waals surface area contributed by atoms with Crippen molar-refractivity contribution in [1.82, 2.24) is 14.8 Å². The summed E-state index contributed by atoms with van der Waals surface area (Å²) in [4.78, 5) is 25.5. The van der Waals surface area contributed by atoms with Crippen LogP contribution in [0.4, 0.5) is 5.00 Å². The van der Waals surface area contributed by atoms with Crippen molar-refractivity contribution in [3.05, 3.63) is 40.8 Å². The smallest absolute Gasteiger partial charge is 0.340 e. The molecule has 0 radical (unpaired) electrons. The first-order chi connectivity index (χ1) is 15.0. The van der Waals surface area contributed by atoms with E-state index in [1.807, 2.05) is 42.7 Å². The maximum absolute atomic E-state index is 12.5. The van der Waals surface area contributed by atoms with Crippen molar-refractivity contribution in [3.8, 4) is 17.1 Å². The molecule has 1 amide bonds. The molecular formula is C21H24N4O4S2. The molecule has 1 N–H and O–H groups in total. The van der Waals surface area contributed by atoms with Crippen molar-refractivity contribution >= 4 is 40.0 Å². The van der Waals surface area contributed by atoms with Crippen LogP contribution in [0, 0.1) is 0 Å². The van der Waals surface area contributed by atoms with E-state index in [4.69, 9.17) is 9.47 Å². The van der Waals surface area contributed by atoms with Crippen LogP contribution in [0.25, 0.3) is 11.4 Å². The molecule has 8 nitrogen and oxygen atoms in total. The predicted octanol–water partition coefficient (Wildman–Crippen LogP) is 4.11. The van der Waals surface area contributed by atoms with Gasteiger partial charge in [0.2, 0.25) is 5.91 Å². The van der Waals surface area contributed by atoms with Gasteiger partial charge in [0.05, 0.1) is 25.5 Å². The molecule has 0 unspecified atom stereocenters. The Morgan fingerprint density at radius 2 is 1.90 bits per heavy atom. The van der Waals surface area contributed by atoms with E-state index < -0.39 is 5.97 Å². The standard InChI is InChI=1S/C21H24N4O4S2/c1-5-15-11-16(20(27)29-4)19(31-15)22-17(26)12-30-21-24-23-18(25(21)6-2)13-7-9-14(28-3)10-8-13/h7-11H,5-6,12H2,1-4H3,(H,22,26). The second kappa shape index (κ2) is 10.5. The molecular weight excluding hydrogens is 436 g/mol. The number of thioether (sulfide) groups is 1. The van der Waals surface area contributed by atoms with Crippen LogP contribution < -0.4 is 10.1 Å². The summed E-state index contributed by atoms with van der Waals surface area (Å²) in [5.41, 5.74) is 1.29. The Bertz CT molecular complexity index is 1060. The van der Waals surface area contributed by atoms with E-state index in [1.165, 1.54) is 30.2 Å². The third kappa shape index (κ3) is 5.26. The molecule has 3 aromatic rings. The van der Waals surface area contributed by atoms with Gasteiger partial charge in [-0.15, -0.1) is 21.5 Å². The number of carbonyl (C=O) groups is 2. The maximum atomic E-state index is 12.5. The zero-order chi connectivity index (χ0) is 22.4. The number of esters is 1. The predicted molar refractivity (Wildman–Crippen MR) is 122 cm³/mol. The van der Waals surface area contributed by atoms with E-state index in [1.54, 1.807) is 13.2 Å². The number of carbonyl (C=O) groups excluding carboxylic acids is 2. The number of aryl methyl sites for hydroxylation is 1. The summed E-state index contributed by atoms with van der Waals surface area (Å²) in [5, 5.41) is 12.5. The third-order valence-electron chi connectivity index (χ3n) is 4.50. The highest BCUT2D eigenvalue weighted by molar-refractivity contribution is 7.99. The molecule has 10 heteroatoms. The van der Waals surface area contributed by atoms with E-state index in [-0.39, 0.29) is 11.7 Å². The number of hydrogen-bond donors (Lipinski definition) is 1. The first-order valence-electron chi connectivity index (χ1n) is 9.71. The SMILES string of the molecule is CCc1cc(C(=O)OC)c(NC(=O)CSc2nnc(-c3ccc(OC)cc3)n2CC)s1. The molecule has 2 heterocycles. The fourth-order valence-electron chi connectivity index (χ4n) is 2.90. The molecule has 3 rings (SSSR count). The van der Waals surface area contributed by atoms with Crippen LogP contribution in [-0.2, 0) is 22.5 Å². The van der Waals surface area contributed by atoms with Crippen LogP contribution in [0.1, 0.15) is 29.1 Å². The van der Waals surface area contributed by atoms with Gasteiger partial charge in [-0.05, 0) is 43.7 Å². The zero-order valence-electron chi connectivity index (χ0n) is 17.8. The van der Waals surface area contributed by atoms with Gasteiger partial charge in [0.25, 0.3) is 0 Å². The van der Waals surface area contributed by atoms with Gasteiger partial charge < -0.3 is 19.4 Å². The Morgan fingerprint density at radius 3 is 2.52 bits per heavy atom. The number of anilines is 1. The van der Waals surface area contributed by atoms with Crippen LogP contribution in [0.5, 0.6) is 5.75 Å². The van der Waals surface area contributed by atoms with Crippen LogP contribution in [0.2, 0.25) is 0 Å². The number of aromatic nitrogens is 3. The third-order valence-corrected chi connectivity index (χ3v) is 6.67. The monoisotopic (exact) mass is 460 g/mol. The Hall–Kier alpha value is -2.85. The largest absolute Gasteiger partial charge is 0.497 e. The van der Waals surface area contributed by atoms with Gasteiger partial charge in [-0.2, -0.15) is 0 Å². The van der Waals surface area contributed by atoms with Crippen molar-refractivity contribution in [2.45, 2.75) is 32.0 Å². The molecule has 0 aliphatic rings. The van der Waals surface area contributed by atoms with Gasteiger partial charge in [0.1, 0.15) is 10.8 Å². The second-order valence-corrected chi connectivity index (χ2v) is 8.50. The summed E-state index contributed by atoms with van der Waals surface area (Å²) in [5.74, 6) is 0.946. The van der Waals surface area contributed by atoms with Crippen molar-refractivity contribution in [2.24, 2.45) is 0 Å². The Morgan fingerprint density at radius 1 is 1.16 bits per heavy atom. The fraction of sp³-hybridized carbons (Fsp3) is 0.333. The normalized spacial score (nSPS) is 10.7. The molecule has 164 valence electrons. The number of ether oxygens (including phenoxy) is 2. The molecule has 0 spiro atoms. The lowest BCUT2D eigenvalue weighted by molar-refractivity contribution is -0.113. The minimum absolute atomic E-state index is 0.140. The first kappa shape index (κ1) is 22.8. The number of rotatable bonds is 9. The average Bonchev–Trinajstić information content (AvgIpc) is 3.40. The topological polar surface area (TPSA) is 95.3 Å². The molecule has 2 aromatic heterocycles. The highest BCUT2D eigenvalue weighted by Gasteiger charge is 2.19. The van der Waals surface area contributed by atoms with E-state index >= 15 is 0 Å². The van der Waals surface area contributed by atoms with Crippen molar-refractivity contribution in [2.75, 3.05) is 25.3 Å². The average molecular weight is 461 g/mol. The summed E-state index contributed by atoms with van der Waals surface area (Å²) >= 11 is 2.68. The molecule has 0 saturated carbocycles. The minimum atomic E-state index is -0.464. The Labute approximate surface area is 189 Å². The van der Waals surface area contributed by atoms with Gasteiger partial charge in [-0.1, -0.05) is 18.7 Å². The van der Waals surface area contributed by atoms with Crippen molar-refractivity contribution in [3.63, 3.8) is 0 Å². The summed E-state index contributed by atoms with van der Waals surface area (Å²) in [6, 6.07) is 9.34. The van der Waals surface area contributed by atoms with E-state index in [0.29, 0.717) is 22.3 Å². The lowest BCUT2D eigenvalue weighted by Crippen LogP contribution is -2.16. The van der Waals surface area contributed by atoms with E-state index in [0.717, 1.165) is 28.4 Å². The van der Waals surface area contributed by atoms with Crippen LogP contribution in [0.15, 0.2) is 35.5 Å². The lowest BCUT2D eigenvalue weighted by atomic mass is 10.2. The Balaban J connectivity index is 1.70. The van der Waals surface area contributed by atoms with Crippen LogP contribution in [0.3, 0.4) is 0 Å². The van der Waals surface area contributed by atoms with Crippen LogP contribution >= 0.6 is 23.1 Å². The summed E-state index contributed by atoms with van der Waals surface area (Å²) in [7, 11) is 2.95. The number of hydrogen-bond acceptors (Lipinski definition) is 8. The molecule has 0 aliphatic heterocycles. The molecule has 0 bridgehead atoms. The minimum Gasteiger partial charge on any atom is -0.497 e. The van der Waals surface area contributed by atoms with E-state index in [2.05, 4.69) is 15.5 Å². The highest BCUT2D eigenvalue weighted by Crippen LogP contribution is 2.30. The molecule has 0 saturated heterocycles. The van der Waals surface area contributed by atoms with Gasteiger partial charge >= 0.3 is 5.97 Å². The van der Waals surface area contributed by atoms with Gasteiger partial charge in [-0.25, -0.2) is 4.79 Å². The first-order valence-corrected chi connectivity index (χ1v) is 11.5. The number of benzene rings is 1. The zero-order valence-corrected chi connectivity index (χ0v) is 19.4. The van der Waals surface area contributed by atoms with Gasteiger partial charge in [0, 0.05) is 17.0 Å². The quantitative estimate of drug-likeness (QED) is 0.379. The van der Waals surface area contributed by atoms with Crippen molar-refractivity contribution < 1.29 is 19.1 Å². The number of nitrogens with zero attached hydrogens (tertiary/aromatic N) is 3. The van der Waals surface area contributed by atoms with Crippen molar-refractivity contribution in [1.29, 1.82) is 0 Å².